The van der Waals surface area contributed by atoms with Crippen molar-refractivity contribution in [2.24, 2.45) is 0 Å². The number of aromatic nitrogens is 2. The molecule has 222 valence electrons. The maximum atomic E-state index is 15.1. The van der Waals surface area contributed by atoms with Crippen LogP contribution in [0.25, 0.3) is 0 Å². The zero-order chi connectivity index (χ0) is 29.6. The Balaban J connectivity index is 1.26. The van der Waals surface area contributed by atoms with E-state index in [1.54, 1.807) is 25.0 Å². The third-order valence-electron chi connectivity index (χ3n) is 7.54. The Labute approximate surface area is 249 Å². The zero-order valence-corrected chi connectivity index (χ0v) is 24.4. The van der Waals surface area contributed by atoms with E-state index in [-0.39, 0.29) is 28.4 Å². The number of carbonyl (C=O) groups is 2. The van der Waals surface area contributed by atoms with Gasteiger partial charge in [0, 0.05) is 76.7 Å². The van der Waals surface area contributed by atoms with Crippen LogP contribution in [0.5, 0.6) is 5.75 Å². The molecule has 0 atom stereocenters. The summed E-state index contributed by atoms with van der Waals surface area (Å²) >= 11 is 6.36. The molecule has 0 unspecified atom stereocenters. The van der Waals surface area contributed by atoms with E-state index in [9.17, 15) is 9.59 Å². The van der Waals surface area contributed by atoms with Gasteiger partial charge in [0.2, 0.25) is 11.9 Å². The number of anilines is 6. The Kier molecular flexibility index (Phi) is 9.23. The molecule has 3 aromatic rings. The fraction of sp³-hybridized carbons (Fsp3) is 0.379. The van der Waals surface area contributed by atoms with E-state index in [1.807, 2.05) is 24.3 Å². The molecule has 2 saturated heterocycles. The fourth-order valence-corrected chi connectivity index (χ4v) is 5.26. The van der Waals surface area contributed by atoms with Gasteiger partial charge in [0.15, 0.2) is 5.82 Å². The van der Waals surface area contributed by atoms with Crippen molar-refractivity contribution in [3.05, 3.63) is 53.4 Å². The summed E-state index contributed by atoms with van der Waals surface area (Å²) in [7, 11) is 1.59. The third-order valence-corrected chi connectivity index (χ3v) is 7.82. The predicted molar refractivity (Wildman–Crippen MR) is 162 cm³/mol. The van der Waals surface area contributed by atoms with E-state index in [2.05, 4.69) is 35.3 Å². The number of ether oxygens (including phenoxy) is 1. The van der Waals surface area contributed by atoms with Gasteiger partial charge in [-0.15, -0.1) is 0 Å². The smallest absolute Gasteiger partial charge is 0.229 e. The summed E-state index contributed by atoms with van der Waals surface area (Å²) in [6.45, 7) is 7.77. The van der Waals surface area contributed by atoms with E-state index in [0.717, 1.165) is 43.8 Å². The molecule has 0 spiro atoms. The first-order valence-corrected chi connectivity index (χ1v) is 14.2. The third kappa shape index (κ3) is 6.82. The molecule has 3 heterocycles. The molecule has 13 heteroatoms. The molecule has 0 radical (unpaired) electrons. The van der Waals surface area contributed by atoms with Crippen LogP contribution in [0.1, 0.15) is 6.92 Å². The summed E-state index contributed by atoms with van der Waals surface area (Å²) in [5, 5.41) is 6.38. The summed E-state index contributed by atoms with van der Waals surface area (Å²) in [6, 6.07) is 10.8. The summed E-state index contributed by atoms with van der Waals surface area (Å²) in [6.07, 6.45) is 2.38. The number of aldehydes is 1. The second-order valence-electron chi connectivity index (χ2n) is 10.1. The van der Waals surface area contributed by atoms with Gasteiger partial charge in [0.05, 0.1) is 31.2 Å². The largest absolute Gasteiger partial charge is 0.494 e. The molecule has 42 heavy (non-hydrogen) atoms. The quantitative estimate of drug-likeness (QED) is 0.355. The van der Waals surface area contributed by atoms with Gasteiger partial charge in [-0.25, -0.2) is 9.37 Å². The highest BCUT2D eigenvalue weighted by Gasteiger charge is 2.21. The first-order valence-electron chi connectivity index (χ1n) is 13.8. The van der Waals surface area contributed by atoms with Crippen molar-refractivity contribution < 1.29 is 18.7 Å². The van der Waals surface area contributed by atoms with Crippen molar-refractivity contribution in [1.29, 1.82) is 0 Å². The van der Waals surface area contributed by atoms with Crippen LogP contribution in [0.3, 0.4) is 0 Å². The molecular weight excluding hydrogens is 563 g/mol. The normalized spacial score (nSPS) is 15.9. The van der Waals surface area contributed by atoms with Crippen molar-refractivity contribution in [2.45, 2.75) is 6.92 Å². The van der Waals surface area contributed by atoms with Crippen LogP contribution in [-0.2, 0) is 9.59 Å². The monoisotopic (exact) mass is 596 g/mol. The highest BCUT2D eigenvalue weighted by atomic mass is 35.5. The second-order valence-corrected chi connectivity index (χ2v) is 10.5. The number of benzene rings is 2. The van der Waals surface area contributed by atoms with Crippen molar-refractivity contribution in [1.82, 2.24) is 19.8 Å². The number of nitrogens with one attached hydrogen (secondary N) is 2. The van der Waals surface area contributed by atoms with Gasteiger partial charge in [-0.3, -0.25) is 9.69 Å². The van der Waals surface area contributed by atoms with E-state index in [0.29, 0.717) is 44.2 Å². The molecule has 0 bridgehead atoms. The Morgan fingerprint density at radius 2 is 1.62 bits per heavy atom. The van der Waals surface area contributed by atoms with E-state index >= 15 is 4.39 Å². The van der Waals surface area contributed by atoms with Gasteiger partial charge in [-0.1, -0.05) is 11.6 Å². The number of hydrogen-bond donors (Lipinski definition) is 2. The molecule has 11 nitrogen and oxygen atoms in total. The average molecular weight is 597 g/mol. The number of halogens is 2. The van der Waals surface area contributed by atoms with Crippen LogP contribution in [0.2, 0.25) is 5.02 Å². The molecule has 0 aliphatic carbocycles. The summed E-state index contributed by atoms with van der Waals surface area (Å²) < 4.78 is 20.8. The molecule has 2 aromatic carbocycles. The van der Waals surface area contributed by atoms with Gasteiger partial charge in [0.25, 0.3) is 0 Å². The van der Waals surface area contributed by atoms with Gasteiger partial charge in [0.1, 0.15) is 22.9 Å². The maximum Gasteiger partial charge on any atom is 0.229 e. The van der Waals surface area contributed by atoms with Crippen molar-refractivity contribution in [3.63, 3.8) is 0 Å². The predicted octanol–water partition coefficient (Wildman–Crippen LogP) is 3.75. The highest BCUT2D eigenvalue weighted by Crippen LogP contribution is 2.33. The Hall–Kier alpha value is -4.16. The molecule has 2 aliphatic rings. The number of amides is 1. The van der Waals surface area contributed by atoms with Crippen LogP contribution in [0, 0.1) is 5.82 Å². The average Bonchev–Trinajstić information content (AvgIpc) is 3.00. The molecule has 1 amide bonds. The number of nitrogens with zero attached hydrogens (tertiary/aromatic N) is 6. The molecule has 2 fully saturated rings. The van der Waals surface area contributed by atoms with Crippen LogP contribution in [0.15, 0.2) is 42.6 Å². The fourth-order valence-electron chi connectivity index (χ4n) is 5.12. The van der Waals surface area contributed by atoms with Crippen molar-refractivity contribution >= 4 is 58.3 Å². The number of piperazine rings is 2. The van der Waals surface area contributed by atoms with Crippen LogP contribution in [-0.4, -0.2) is 98.0 Å². The zero-order valence-electron chi connectivity index (χ0n) is 23.6. The van der Waals surface area contributed by atoms with E-state index in [4.69, 9.17) is 16.3 Å². The molecular formula is C29H34ClFN8O3. The lowest BCUT2D eigenvalue weighted by atomic mass is 10.2. The molecule has 0 saturated carbocycles. The molecule has 2 aliphatic heterocycles. The van der Waals surface area contributed by atoms with Crippen LogP contribution in [0.4, 0.5) is 38.9 Å². The van der Waals surface area contributed by atoms with E-state index in [1.165, 1.54) is 12.3 Å². The van der Waals surface area contributed by atoms with Gasteiger partial charge in [-0.2, -0.15) is 4.98 Å². The standard InChI is InChI=1S/C29H34ClFN8O3/c1-20(41)37-11-13-39(14-12-37)21-3-5-25(24(31)17-21)33-28-23(30)19-32-29(35-28)34-26-6-4-22(18-27(26)42-2)38-9-7-36(8-10-38)15-16-40/h3-6,16-19H,7-15H2,1-2H3,(H2,32,33,34,35). The van der Waals surface area contributed by atoms with Gasteiger partial charge >= 0.3 is 0 Å². The molecule has 2 N–H and O–H groups in total. The minimum atomic E-state index is -0.449. The highest BCUT2D eigenvalue weighted by molar-refractivity contribution is 6.32. The van der Waals surface area contributed by atoms with Gasteiger partial charge < -0.3 is 34.9 Å². The maximum absolute atomic E-state index is 15.1. The summed E-state index contributed by atoms with van der Waals surface area (Å²) in [4.78, 5) is 39.4. The Bertz CT molecular complexity index is 1430. The second kappa shape index (κ2) is 13.2. The Morgan fingerprint density at radius 1 is 0.976 bits per heavy atom. The van der Waals surface area contributed by atoms with Crippen LogP contribution < -0.4 is 25.2 Å². The molecule has 5 rings (SSSR count). The lowest BCUT2D eigenvalue weighted by Gasteiger charge is -2.35. The van der Waals surface area contributed by atoms with Crippen LogP contribution >= 0.6 is 11.6 Å². The topological polar surface area (TPSA) is 106 Å². The minimum Gasteiger partial charge on any atom is -0.494 e. The first-order chi connectivity index (χ1) is 20.3. The lowest BCUT2D eigenvalue weighted by molar-refractivity contribution is -0.129. The van der Waals surface area contributed by atoms with Crippen molar-refractivity contribution in [2.75, 3.05) is 86.4 Å². The SMILES string of the molecule is COc1cc(N2CCN(CC=O)CC2)ccc1Nc1ncc(Cl)c(Nc2ccc(N3CCN(C(C)=O)CC3)cc2F)n1. The number of carbonyl (C=O) groups excluding carboxylic acids is 2. The molecule has 1 aromatic heterocycles. The minimum absolute atomic E-state index is 0.0493. The summed E-state index contributed by atoms with van der Waals surface area (Å²) in [5.74, 6) is 0.723. The first kappa shape index (κ1) is 29.3. The lowest BCUT2D eigenvalue weighted by Crippen LogP contribution is -2.48. The summed E-state index contributed by atoms with van der Waals surface area (Å²) in [5.41, 5.74) is 2.65. The van der Waals surface area contributed by atoms with Gasteiger partial charge in [-0.05, 0) is 30.3 Å². The number of hydrogen-bond acceptors (Lipinski definition) is 10. The number of methoxy groups -OCH3 is 1. The number of rotatable bonds is 9. The van der Waals surface area contributed by atoms with E-state index < -0.39 is 5.82 Å². The van der Waals surface area contributed by atoms with Crippen molar-refractivity contribution in [3.8, 4) is 5.75 Å². The Morgan fingerprint density at radius 3 is 2.24 bits per heavy atom.